The maximum atomic E-state index is 5.22. The van der Waals surface area contributed by atoms with Gasteiger partial charge in [-0.2, -0.15) is 0 Å². The van der Waals surface area contributed by atoms with Crippen LogP contribution in [0, 0.1) is 0 Å². The van der Waals surface area contributed by atoms with Crippen LogP contribution in [0.25, 0.3) is 0 Å². The highest BCUT2D eigenvalue weighted by atomic mass is 32.2. The maximum absolute atomic E-state index is 5.22. The van der Waals surface area contributed by atoms with Gasteiger partial charge in [0.2, 0.25) is 0 Å². The van der Waals surface area contributed by atoms with Crippen LogP contribution in [-0.4, -0.2) is 4.20 Å². The lowest BCUT2D eigenvalue weighted by Crippen LogP contribution is -1.98. The molecule has 0 radical (unpaired) electrons. The van der Waals surface area contributed by atoms with E-state index in [4.69, 9.17) is 12.2 Å². The fraction of sp³-hybridized carbons (Fsp3) is 0.100. The van der Waals surface area contributed by atoms with Gasteiger partial charge in [-0.15, -0.1) is 0 Å². The molecule has 0 saturated carbocycles. The third-order valence-electron chi connectivity index (χ3n) is 1.87. The number of hydrogen-bond donors (Lipinski definition) is 0. The summed E-state index contributed by atoms with van der Waals surface area (Å²) in [7, 11) is 0. The predicted octanol–water partition coefficient (Wildman–Crippen LogP) is 3.36. The fourth-order valence-corrected chi connectivity index (χ4v) is 2.36. The molecule has 0 saturated heterocycles. The summed E-state index contributed by atoms with van der Waals surface area (Å²) in [5, 5.41) is 2.07. The summed E-state index contributed by atoms with van der Waals surface area (Å²) in [6, 6.07) is 10.4. The van der Waals surface area contributed by atoms with Crippen molar-refractivity contribution in [3.8, 4) is 0 Å². The Bertz CT molecular complexity index is 314. The lowest BCUT2D eigenvalue weighted by atomic mass is 10.0. The van der Waals surface area contributed by atoms with Crippen LogP contribution >= 0.6 is 24.0 Å². The molecule has 2 rings (SSSR count). The Morgan fingerprint density at radius 2 is 1.92 bits per heavy atom. The van der Waals surface area contributed by atoms with Crippen molar-refractivity contribution in [1.29, 1.82) is 0 Å². The van der Waals surface area contributed by atoms with E-state index >= 15 is 0 Å². The SMILES string of the molecule is S=C1SC=CC1c1ccccc1. The molecule has 1 aliphatic rings. The first-order valence-corrected chi connectivity index (χ1v) is 5.09. The van der Waals surface area contributed by atoms with E-state index in [-0.39, 0.29) is 0 Å². The number of benzene rings is 1. The molecule has 1 aromatic rings. The van der Waals surface area contributed by atoms with Crippen molar-refractivity contribution in [3.63, 3.8) is 0 Å². The zero-order valence-electron chi connectivity index (χ0n) is 6.44. The Kier molecular flexibility index (Phi) is 2.28. The lowest BCUT2D eigenvalue weighted by Gasteiger charge is -2.06. The van der Waals surface area contributed by atoms with Crippen LogP contribution in [0.4, 0.5) is 0 Å². The topological polar surface area (TPSA) is 0 Å². The van der Waals surface area contributed by atoms with Gasteiger partial charge in [0.15, 0.2) is 0 Å². The van der Waals surface area contributed by atoms with E-state index in [1.165, 1.54) is 5.56 Å². The van der Waals surface area contributed by atoms with Gasteiger partial charge < -0.3 is 0 Å². The number of thiocarbonyl (C=S) groups is 1. The van der Waals surface area contributed by atoms with Crippen LogP contribution < -0.4 is 0 Å². The van der Waals surface area contributed by atoms with E-state index in [1.807, 2.05) is 6.07 Å². The molecule has 0 aromatic heterocycles. The van der Waals surface area contributed by atoms with Gasteiger partial charge in [0.25, 0.3) is 0 Å². The third kappa shape index (κ3) is 1.45. The average molecular weight is 192 g/mol. The van der Waals surface area contributed by atoms with Gasteiger partial charge in [0, 0.05) is 5.92 Å². The minimum atomic E-state index is 0.353. The molecule has 1 aliphatic heterocycles. The highest BCUT2D eigenvalue weighted by Gasteiger charge is 2.17. The van der Waals surface area contributed by atoms with Gasteiger partial charge in [0.1, 0.15) is 0 Å². The summed E-state index contributed by atoms with van der Waals surface area (Å²) < 4.78 is 1.06. The molecule has 0 N–H and O–H groups in total. The number of thioether (sulfide) groups is 1. The van der Waals surface area contributed by atoms with E-state index in [0.29, 0.717) is 5.92 Å². The van der Waals surface area contributed by atoms with E-state index in [0.717, 1.165) is 4.20 Å². The standard InChI is InChI=1S/C10H8S2/c11-10-9(6-7-12-10)8-4-2-1-3-5-8/h1-7,9H. The van der Waals surface area contributed by atoms with Crippen molar-refractivity contribution >= 4 is 28.2 Å². The molecule has 1 aromatic carbocycles. The summed E-state index contributed by atoms with van der Waals surface area (Å²) in [4.78, 5) is 0. The van der Waals surface area contributed by atoms with Crippen LogP contribution in [0.2, 0.25) is 0 Å². The number of rotatable bonds is 1. The van der Waals surface area contributed by atoms with Crippen molar-refractivity contribution in [1.82, 2.24) is 0 Å². The second-order valence-electron chi connectivity index (χ2n) is 2.65. The molecule has 1 heterocycles. The second-order valence-corrected chi connectivity index (χ2v) is 4.30. The fourth-order valence-electron chi connectivity index (χ4n) is 1.24. The highest BCUT2D eigenvalue weighted by molar-refractivity contribution is 8.25. The van der Waals surface area contributed by atoms with Crippen molar-refractivity contribution in [2.45, 2.75) is 5.92 Å². The summed E-state index contributed by atoms with van der Waals surface area (Å²) in [6.45, 7) is 0. The molecule has 2 heteroatoms. The molecular formula is C10H8S2. The molecule has 0 nitrogen and oxygen atoms in total. The Balaban J connectivity index is 2.31. The second kappa shape index (κ2) is 3.42. The number of hydrogen-bond acceptors (Lipinski definition) is 2. The minimum Gasteiger partial charge on any atom is -0.0901 e. The Hall–Kier alpha value is -0.600. The molecule has 0 spiro atoms. The molecule has 0 amide bonds. The van der Waals surface area contributed by atoms with Crippen molar-refractivity contribution in [2.24, 2.45) is 0 Å². The predicted molar refractivity (Wildman–Crippen MR) is 58.5 cm³/mol. The smallest absolute Gasteiger partial charge is 0.0633 e. The van der Waals surface area contributed by atoms with Crippen LogP contribution in [0.5, 0.6) is 0 Å². The minimum absolute atomic E-state index is 0.353. The van der Waals surface area contributed by atoms with Gasteiger partial charge in [-0.3, -0.25) is 0 Å². The third-order valence-corrected chi connectivity index (χ3v) is 3.19. The molecule has 60 valence electrons. The lowest BCUT2D eigenvalue weighted by molar-refractivity contribution is 1.19. The molecule has 0 fully saturated rings. The van der Waals surface area contributed by atoms with Crippen molar-refractivity contribution in [3.05, 3.63) is 47.4 Å². The van der Waals surface area contributed by atoms with Gasteiger partial charge >= 0.3 is 0 Å². The van der Waals surface area contributed by atoms with Crippen LogP contribution in [0.15, 0.2) is 41.8 Å². The quantitative estimate of drug-likeness (QED) is 0.626. The summed E-state index contributed by atoms with van der Waals surface area (Å²) >= 11 is 6.87. The van der Waals surface area contributed by atoms with Crippen molar-refractivity contribution < 1.29 is 0 Å². The van der Waals surface area contributed by atoms with Crippen molar-refractivity contribution in [2.75, 3.05) is 0 Å². The van der Waals surface area contributed by atoms with E-state index < -0.39 is 0 Å². The summed E-state index contributed by atoms with van der Waals surface area (Å²) in [6.07, 6.45) is 2.16. The molecule has 0 aliphatic carbocycles. The van der Waals surface area contributed by atoms with E-state index in [9.17, 15) is 0 Å². The molecule has 12 heavy (non-hydrogen) atoms. The Morgan fingerprint density at radius 3 is 2.50 bits per heavy atom. The van der Waals surface area contributed by atoms with Crippen LogP contribution in [-0.2, 0) is 0 Å². The molecule has 1 atom stereocenters. The maximum Gasteiger partial charge on any atom is 0.0633 e. The van der Waals surface area contributed by atoms with E-state index in [2.05, 4.69) is 35.7 Å². The first kappa shape index (κ1) is 8.02. The normalized spacial score (nSPS) is 21.7. The Labute approximate surface area is 81.7 Å². The van der Waals surface area contributed by atoms with Gasteiger partial charge in [-0.1, -0.05) is 60.4 Å². The molecular weight excluding hydrogens is 184 g/mol. The van der Waals surface area contributed by atoms with Crippen LogP contribution in [0.3, 0.4) is 0 Å². The van der Waals surface area contributed by atoms with Gasteiger partial charge in [-0.25, -0.2) is 0 Å². The zero-order chi connectivity index (χ0) is 8.39. The monoisotopic (exact) mass is 192 g/mol. The summed E-state index contributed by atoms with van der Waals surface area (Å²) in [5.74, 6) is 0.353. The Morgan fingerprint density at radius 1 is 1.17 bits per heavy atom. The van der Waals surface area contributed by atoms with Gasteiger partial charge in [-0.05, 0) is 11.0 Å². The molecule has 1 unspecified atom stereocenters. The van der Waals surface area contributed by atoms with Gasteiger partial charge in [0.05, 0.1) is 4.20 Å². The largest absolute Gasteiger partial charge is 0.0901 e. The first-order valence-electron chi connectivity index (χ1n) is 3.80. The van der Waals surface area contributed by atoms with Crippen LogP contribution in [0.1, 0.15) is 11.5 Å². The zero-order valence-corrected chi connectivity index (χ0v) is 8.07. The number of allylic oxidation sites excluding steroid dienone is 1. The summed E-state index contributed by atoms with van der Waals surface area (Å²) in [5.41, 5.74) is 1.30. The highest BCUT2D eigenvalue weighted by Crippen LogP contribution is 2.32. The average Bonchev–Trinajstić information content (AvgIpc) is 2.53. The first-order chi connectivity index (χ1) is 5.88. The van der Waals surface area contributed by atoms with E-state index in [1.54, 1.807) is 11.8 Å². The molecule has 0 bridgehead atoms.